The van der Waals surface area contributed by atoms with E-state index in [-0.39, 0.29) is 12.0 Å². The Morgan fingerprint density at radius 2 is 1.78 bits per heavy atom. The number of carbonyl (C=O) groups is 1. The molecule has 3 fully saturated rings. The van der Waals surface area contributed by atoms with Crippen molar-refractivity contribution < 1.29 is 14.6 Å². The number of amides is 1. The van der Waals surface area contributed by atoms with E-state index in [0.29, 0.717) is 55.1 Å². The molecule has 0 spiro atoms. The Morgan fingerprint density at radius 3 is 2.51 bits per heavy atom. The van der Waals surface area contributed by atoms with E-state index in [9.17, 15) is 9.90 Å². The summed E-state index contributed by atoms with van der Waals surface area (Å²) in [5, 5.41) is 21.1. The van der Waals surface area contributed by atoms with Crippen molar-refractivity contribution in [3.05, 3.63) is 36.0 Å². The SMILES string of the molecule is O=C(NC1CC1)c1ccc(-c2cnn3c(NCCN4CCOCC4)nc(N4CCC(O)CC4)nc23)cc1. The lowest BCUT2D eigenvalue weighted by atomic mass is 10.1. The molecule has 1 saturated carbocycles. The van der Waals surface area contributed by atoms with Crippen LogP contribution in [-0.2, 0) is 4.74 Å². The van der Waals surface area contributed by atoms with Gasteiger partial charge in [0.2, 0.25) is 11.9 Å². The third-order valence-corrected chi connectivity index (χ3v) is 7.29. The van der Waals surface area contributed by atoms with Gasteiger partial charge in [-0.25, -0.2) is 0 Å². The molecule has 6 rings (SSSR count). The van der Waals surface area contributed by atoms with Crippen LogP contribution >= 0.6 is 0 Å². The van der Waals surface area contributed by atoms with Crippen molar-refractivity contribution in [1.29, 1.82) is 0 Å². The van der Waals surface area contributed by atoms with Gasteiger partial charge < -0.3 is 25.4 Å². The predicted octanol–water partition coefficient (Wildman–Crippen LogP) is 1.39. The van der Waals surface area contributed by atoms with Crippen molar-refractivity contribution in [2.24, 2.45) is 0 Å². The Bertz CT molecular complexity index is 1230. The first kappa shape index (κ1) is 24.1. The number of morpholine rings is 1. The summed E-state index contributed by atoms with van der Waals surface area (Å²) in [6.07, 6.45) is 5.06. The first-order chi connectivity index (χ1) is 18.1. The molecule has 37 heavy (non-hydrogen) atoms. The van der Waals surface area contributed by atoms with Crippen LogP contribution in [0.5, 0.6) is 0 Å². The summed E-state index contributed by atoms with van der Waals surface area (Å²) in [5.74, 6) is 1.25. The fourth-order valence-electron chi connectivity index (χ4n) is 4.84. The molecule has 0 unspecified atom stereocenters. The monoisotopic (exact) mass is 506 g/mol. The average Bonchev–Trinajstić information content (AvgIpc) is 3.64. The van der Waals surface area contributed by atoms with Crippen LogP contribution in [0.3, 0.4) is 0 Å². The second kappa shape index (κ2) is 10.6. The molecule has 0 bridgehead atoms. The normalized spacial score (nSPS) is 19.3. The number of benzene rings is 1. The molecule has 1 aromatic carbocycles. The molecule has 1 amide bonds. The molecule has 11 heteroatoms. The molecule has 3 aliphatic rings. The Morgan fingerprint density at radius 1 is 1.03 bits per heavy atom. The Balaban J connectivity index is 1.27. The maximum atomic E-state index is 12.4. The van der Waals surface area contributed by atoms with E-state index in [2.05, 4.69) is 25.5 Å². The molecule has 2 aliphatic heterocycles. The highest BCUT2D eigenvalue weighted by Crippen LogP contribution is 2.28. The third-order valence-electron chi connectivity index (χ3n) is 7.29. The summed E-state index contributed by atoms with van der Waals surface area (Å²) in [6, 6.07) is 7.93. The quantitative estimate of drug-likeness (QED) is 0.416. The van der Waals surface area contributed by atoms with Crippen LogP contribution in [0.4, 0.5) is 11.9 Å². The van der Waals surface area contributed by atoms with Crippen molar-refractivity contribution in [3.63, 3.8) is 0 Å². The van der Waals surface area contributed by atoms with Crippen molar-refractivity contribution in [2.45, 2.75) is 37.8 Å². The van der Waals surface area contributed by atoms with Gasteiger partial charge >= 0.3 is 0 Å². The van der Waals surface area contributed by atoms with Gasteiger partial charge in [-0.3, -0.25) is 9.69 Å². The standard InChI is InChI=1S/C26H34N8O3/c35-21-7-10-33(11-8-21)26-30-23-22(18-1-3-19(4-2-18)24(36)29-20-5-6-20)17-28-34(23)25(31-26)27-9-12-32-13-15-37-16-14-32/h1-4,17,20-21,35H,5-16H2,(H,29,36)(H,27,30,31). The van der Waals surface area contributed by atoms with E-state index in [1.807, 2.05) is 24.3 Å². The molecule has 4 heterocycles. The van der Waals surface area contributed by atoms with Crippen molar-refractivity contribution in [1.82, 2.24) is 29.8 Å². The number of fused-ring (bicyclic) bond motifs is 1. The van der Waals surface area contributed by atoms with Crippen LogP contribution in [0, 0.1) is 0 Å². The highest BCUT2D eigenvalue weighted by molar-refractivity contribution is 5.95. The van der Waals surface area contributed by atoms with Crippen LogP contribution in [-0.4, -0.2) is 100 Å². The Hall–Kier alpha value is -3.28. The number of carbonyl (C=O) groups excluding carboxylic acids is 1. The number of nitrogens with zero attached hydrogens (tertiary/aromatic N) is 6. The van der Waals surface area contributed by atoms with E-state index in [1.165, 1.54) is 0 Å². The number of hydrogen-bond donors (Lipinski definition) is 3. The van der Waals surface area contributed by atoms with Crippen molar-refractivity contribution >= 4 is 23.5 Å². The van der Waals surface area contributed by atoms with Gasteiger partial charge in [0.15, 0.2) is 5.65 Å². The number of hydrogen-bond acceptors (Lipinski definition) is 9. The Kier molecular flexibility index (Phi) is 6.90. The summed E-state index contributed by atoms with van der Waals surface area (Å²) in [6.45, 7) is 6.44. The lowest BCUT2D eigenvalue weighted by Crippen LogP contribution is -2.39. The third kappa shape index (κ3) is 5.53. The van der Waals surface area contributed by atoms with E-state index >= 15 is 0 Å². The summed E-state index contributed by atoms with van der Waals surface area (Å²) in [4.78, 5) is 26.7. The largest absolute Gasteiger partial charge is 0.393 e. The summed E-state index contributed by atoms with van der Waals surface area (Å²) in [5.41, 5.74) is 3.18. The van der Waals surface area contributed by atoms with E-state index in [0.717, 1.165) is 63.4 Å². The minimum absolute atomic E-state index is 0.0300. The molecule has 0 radical (unpaired) electrons. The molecule has 2 saturated heterocycles. The number of nitrogens with one attached hydrogen (secondary N) is 2. The van der Waals surface area contributed by atoms with E-state index in [1.54, 1.807) is 10.7 Å². The molecule has 2 aromatic heterocycles. The van der Waals surface area contributed by atoms with Gasteiger partial charge in [-0.05, 0) is 43.4 Å². The summed E-state index contributed by atoms with van der Waals surface area (Å²) < 4.78 is 7.21. The van der Waals surface area contributed by atoms with Crippen LogP contribution in [0.1, 0.15) is 36.0 Å². The maximum absolute atomic E-state index is 12.4. The zero-order chi connectivity index (χ0) is 25.2. The van der Waals surface area contributed by atoms with Gasteiger partial charge in [0.05, 0.1) is 25.5 Å². The predicted molar refractivity (Wildman–Crippen MR) is 140 cm³/mol. The zero-order valence-electron chi connectivity index (χ0n) is 21.0. The van der Waals surface area contributed by atoms with E-state index in [4.69, 9.17) is 14.7 Å². The fourth-order valence-corrected chi connectivity index (χ4v) is 4.84. The average molecular weight is 507 g/mol. The molecule has 0 atom stereocenters. The number of aromatic nitrogens is 4. The second-order valence-corrected chi connectivity index (χ2v) is 10.1. The van der Waals surface area contributed by atoms with Gasteiger partial charge in [0.1, 0.15) is 0 Å². The van der Waals surface area contributed by atoms with Crippen LogP contribution < -0.4 is 15.5 Å². The summed E-state index contributed by atoms with van der Waals surface area (Å²) in [7, 11) is 0. The van der Waals surface area contributed by atoms with E-state index < -0.39 is 0 Å². The van der Waals surface area contributed by atoms with Crippen LogP contribution in [0.25, 0.3) is 16.8 Å². The maximum Gasteiger partial charge on any atom is 0.251 e. The number of rotatable bonds is 8. The smallest absolute Gasteiger partial charge is 0.251 e. The molecule has 1 aliphatic carbocycles. The number of anilines is 2. The minimum atomic E-state index is -0.271. The zero-order valence-corrected chi connectivity index (χ0v) is 21.0. The Labute approximate surface area is 215 Å². The van der Waals surface area contributed by atoms with Gasteiger partial charge in [-0.15, -0.1) is 0 Å². The molecular formula is C26H34N8O3. The fraction of sp³-hybridized carbons (Fsp3) is 0.538. The van der Waals surface area contributed by atoms with Gasteiger partial charge in [0.25, 0.3) is 5.91 Å². The first-order valence-corrected chi connectivity index (χ1v) is 13.3. The second-order valence-electron chi connectivity index (χ2n) is 10.1. The lowest BCUT2D eigenvalue weighted by Gasteiger charge is -2.30. The lowest BCUT2D eigenvalue weighted by molar-refractivity contribution is 0.0398. The van der Waals surface area contributed by atoms with Gasteiger partial charge in [-0.1, -0.05) is 12.1 Å². The first-order valence-electron chi connectivity index (χ1n) is 13.3. The van der Waals surface area contributed by atoms with Crippen molar-refractivity contribution in [2.75, 3.05) is 62.7 Å². The van der Waals surface area contributed by atoms with Crippen molar-refractivity contribution in [3.8, 4) is 11.1 Å². The minimum Gasteiger partial charge on any atom is -0.393 e. The highest BCUT2D eigenvalue weighted by atomic mass is 16.5. The van der Waals surface area contributed by atoms with Gasteiger partial charge in [0, 0.05) is 56.4 Å². The molecule has 3 aromatic rings. The van der Waals surface area contributed by atoms with Crippen LogP contribution in [0.15, 0.2) is 30.5 Å². The number of piperidine rings is 1. The molecule has 196 valence electrons. The topological polar surface area (TPSA) is 120 Å². The number of ether oxygens (including phenoxy) is 1. The highest BCUT2D eigenvalue weighted by Gasteiger charge is 2.25. The molecule has 3 N–H and O–H groups in total. The van der Waals surface area contributed by atoms with Crippen LogP contribution in [0.2, 0.25) is 0 Å². The molecule has 11 nitrogen and oxygen atoms in total. The molecular weight excluding hydrogens is 472 g/mol. The summed E-state index contributed by atoms with van der Waals surface area (Å²) >= 11 is 0. The number of aliphatic hydroxyl groups is 1. The number of aliphatic hydroxyl groups excluding tert-OH is 1. The van der Waals surface area contributed by atoms with Gasteiger partial charge in [-0.2, -0.15) is 19.6 Å².